The first-order chi connectivity index (χ1) is 9.77. The van der Waals surface area contributed by atoms with Crippen molar-refractivity contribution >= 4 is 17.3 Å². The summed E-state index contributed by atoms with van der Waals surface area (Å²) in [7, 11) is 0. The summed E-state index contributed by atoms with van der Waals surface area (Å²) >= 11 is 0. The Morgan fingerprint density at radius 1 is 1.15 bits per heavy atom. The number of hydrogen-bond acceptors (Lipinski definition) is 2. The lowest BCUT2D eigenvalue weighted by Crippen LogP contribution is -2.31. The van der Waals surface area contributed by atoms with Crippen LogP contribution in [0.1, 0.15) is 10.4 Å². The highest BCUT2D eigenvalue weighted by atomic mass is 16.2. The molecule has 0 aliphatic carbocycles. The van der Waals surface area contributed by atoms with Crippen LogP contribution < -0.4 is 4.90 Å². The van der Waals surface area contributed by atoms with E-state index in [0.29, 0.717) is 23.5 Å². The number of benzene rings is 2. The molecular weight excluding hydrogens is 250 g/mol. The lowest BCUT2D eigenvalue weighted by Gasteiger charge is -2.19. The second kappa shape index (κ2) is 6.30. The van der Waals surface area contributed by atoms with Crippen molar-refractivity contribution < 1.29 is 4.79 Å². The number of nitrogens with zero attached hydrogens (tertiary/aromatic N) is 3. The van der Waals surface area contributed by atoms with Gasteiger partial charge in [-0.15, -0.1) is 6.58 Å². The highest BCUT2D eigenvalue weighted by Crippen LogP contribution is 2.29. The van der Waals surface area contributed by atoms with Crippen LogP contribution in [-0.2, 0) is 0 Å². The average Bonchev–Trinajstić information content (AvgIpc) is 2.53. The van der Waals surface area contributed by atoms with Crippen LogP contribution in [-0.4, -0.2) is 12.5 Å². The molecule has 1 amide bonds. The largest absolute Gasteiger partial charge is 0.408 e. The van der Waals surface area contributed by atoms with Crippen molar-refractivity contribution in [2.75, 3.05) is 11.4 Å². The van der Waals surface area contributed by atoms with E-state index in [0.717, 1.165) is 0 Å². The van der Waals surface area contributed by atoms with Crippen molar-refractivity contribution in [2.45, 2.75) is 0 Å². The molecule has 0 spiro atoms. The third-order valence-electron chi connectivity index (χ3n) is 2.86. The molecule has 2 aromatic rings. The predicted octanol–water partition coefficient (Wildman–Crippen LogP) is 4.00. The fourth-order valence-electron chi connectivity index (χ4n) is 1.93. The van der Waals surface area contributed by atoms with Crippen molar-refractivity contribution in [1.29, 1.82) is 5.39 Å². The van der Waals surface area contributed by atoms with E-state index >= 15 is 0 Å². The van der Waals surface area contributed by atoms with Gasteiger partial charge in [0.1, 0.15) is 5.69 Å². The van der Waals surface area contributed by atoms with Gasteiger partial charge in [0.2, 0.25) is 5.39 Å². The molecule has 0 unspecified atom stereocenters. The van der Waals surface area contributed by atoms with Gasteiger partial charge in [-0.1, -0.05) is 36.4 Å². The zero-order chi connectivity index (χ0) is 14.4. The third kappa shape index (κ3) is 2.73. The molecular formula is C16H14N3O+. The van der Waals surface area contributed by atoms with Crippen LogP contribution in [0.15, 0.2) is 67.3 Å². The van der Waals surface area contributed by atoms with E-state index in [1.165, 1.54) is 4.90 Å². The number of anilines is 1. The van der Waals surface area contributed by atoms with Gasteiger partial charge in [-0.2, -0.15) is 0 Å². The van der Waals surface area contributed by atoms with Crippen LogP contribution in [0.2, 0.25) is 0 Å². The maximum absolute atomic E-state index is 12.6. The first kappa shape index (κ1) is 13.5. The van der Waals surface area contributed by atoms with E-state index in [4.69, 9.17) is 5.39 Å². The van der Waals surface area contributed by atoms with Crippen molar-refractivity contribution in [2.24, 2.45) is 0 Å². The molecule has 0 atom stereocenters. The standard InChI is InChI=1S/C16H14N3O/c1-2-12-19(15-11-7-6-10-14(15)18-17)16(20)13-8-4-3-5-9-13/h2-11H,1,12H2/q+1. The summed E-state index contributed by atoms with van der Waals surface area (Å²) in [5.41, 5.74) is 1.46. The van der Waals surface area contributed by atoms with Gasteiger partial charge in [-0.25, -0.2) is 0 Å². The van der Waals surface area contributed by atoms with E-state index in [9.17, 15) is 4.79 Å². The molecule has 98 valence electrons. The number of carbonyl (C=O) groups is 1. The van der Waals surface area contributed by atoms with Crippen LogP contribution in [0, 0.1) is 5.39 Å². The van der Waals surface area contributed by atoms with Crippen LogP contribution in [0.25, 0.3) is 4.98 Å². The lowest BCUT2D eigenvalue weighted by molar-refractivity contribution is 0.0990. The molecule has 4 heteroatoms. The van der Waals surface area contributed by atoms with Crippen LogP contribution >= 0.6 is 0 Å². The molecule has 4 nitrogen and oxygen atoms in total. The Morgan fingerprint density at radius 3 is 2.45 bits per heavy atom. The molecule has 0 saturated carbocycles. The second-order valence-corrected chi connectivity index (χ2v) is 4.16. The minimum absolute atomic E-state index is 0.165. The number of carbonyl (C=O) groups excluding carboxylic acids is 1. The van der Waals surface area contributed by atoms with Gasteiger partial charge in [-0.05, 0) is 18.2 Å². The zero-order valence-electron chi connectivity index (χ0n) is 10.9. The fraction of sp³-hybridized carbons (Fsp3) is 0.0625. The Balaban J connectivity index is 2.44. The van der Waals surface area contributed by atoms with Crippen molar-refractivity contribution in [3.63, 3.8) is 0 Å². The normalized spacial score (nSPS) is 9.55. The van der Waals surface area contributed by atoms with E-state index < -0.39 is 0 Å². The highest BCUT2D eigenvalue weighted by molar-refractivity contribution is 6.07. The molecule has 0 bridgehead atoms. The summed E-state index contributed by atoms with van der Waals surface area (Å²) in [5.74, 6) is -0.165. The maximum Gasteiger partial charge on any atom is 0.408 e. The molecule has 0 fully saturated rings. The van der Waals surface area contributed by atoms with Crippen molar-refractivity contribution in [3.8, 4) is 0 Å². The van der Waals surface area contributed by atoms with Crippen LogP contribution in [0.3, 0.4) is 0 Å². The number of rotatable bonds is 4. The van der Waals surface area contributed by atoms with Crippen LogP contribution in [0.5, 0.6) is 0 Å². The van der Waals surface area contributed by atoms with Gasteiger partial charge in [-0.3, -0.25) is 9.69 Å². The zero-order valence-corrected chi connectivity index (χ0v) is 10.9. The first-order valence-electron chi connectivity index (χ1n) is 6.20. The number of amides is 1. The van der Waals surface area contributed by atoms with E-state index in [1.54, 1.807) is 42.5 Å². The predicted molar refractivity (Wildman–Crippen MR) is 79.5 cm³/mol. The summed E-state index contributed by atoms with van der Waals surface area (Å²) in [6, 6.07) is 15.9. The Morgan fingerprint density at radius 2 is 1.80 bits per heavy atom. The van der Waals surface area contributed by atoms with Crippen molar-refractivity contribution in [1.82, 2.24) is 0 Å². The van der Waals surface area contributed by atoms with E-state index in [1.807, 2.05) is 18.2 Å². The van der Waals surface area contributed by atoms with Gasteiger partial charge in [0, 0.05) is 18.2 Å². The first-order valence-corrected chi connectivity index (χ1v) is 6.20. The number of para-hydroxylation sites is 1. The Labute approximate surface area is 117 Å². The molecule has 0 aliphatic rings. The summed E-state index contributed by atoms with van der Waals surface area (Å²) in [5, 5.41) is 9.05. The number of hydrogen-bond donors (Lipinski definition) is 0. The van der Waals surface area contributed by atoms with Gasteiger partial charge in [0.15, 0.2) is 4.98 Å². The maximum atomic E-state index is 12.6. The second-order valence-electron chi connectivity index (χ2n) is 4.16. The monoisotopic (exact) mass is 264 g/mol. The third-order valence-corrected chi connectivity index (χ3v) is 2.86. The van der Waals surface area contributed by atoms with Gasteiger partial charge < -0.3 is 0 Å². The van der Waals surface area contributed by atoms with Gasteiger partial charge in [0.25, 0.3) is 5.91 Å². The van der Waals surface area contributed by atoms with E-state index in [2.05, 4.69) is 11.6 Å². The summed E-state index contributed by atoms with van der Waals surface area (Å²) in [6.45, 7) is 4.00. The molecule has 0 aliphatic heterocycles. The lowest BCUT2D eigenvalue weighted by atomic mass is 10.1. The number of diazo groups is 1. The SMILES string of the molecule is C=CCN(C(=O)c1ccccc1)c1ccccc1[N+]#N. The quantitative estimate of drug-likeness (QED) is 0.619. The minimum Gasteiger partial charge on any atom is -0.297 e. The fourth-order valence-corrected chi connectivity index (χ4v) is 1.93. The molecule has 0 saturated heterocycles. The van der Waals surface area contributed by atoms with Gasteiger partial charge in [0.05, 0.1) is 0 Å². The molecule has 0 aromatic heterocycles. The summed E-state index contributed by atoms with van der Waals surface area (Å²) in [6.07, 6.45) is 1.63. The average molecular weight is 264 g/mol. The highest BCUT2D eigenvalue weighted by Gasteiger charge is 2.24. The molecule has 2 aromatic carbocycles. The van der Waals surface area contributed by atoms with E-state index in [-0.39, 0.29) is 5.91 Å². The minimum atomic E-state index is -0.165. The van der Waals surface area contributed by atoms with Crippen LogP contribution in [0.4, 0.5) is 11.4 Å². The molecule has 0 radical (unpaired) electrons. The smallest absolute Gasteiger partial charge is 0.297 e. The summed E-state index contributed by atoms with van der Waals surface area (Å²) in [4.78, 5) is 17.3. The molecule has 0 heterocycles. The molecule has 0 N–H and O–H groups in total. The Bertz CT molecular complexity index is 659. The molecule has 20 heavy (non-hydrogen) atoms. The van der Waals surface area contributed by atoms with Crippen molar-refractivity contribution in [3.05, 3.63) is 77.8 Å². The summed E-state index contributed by atoms with van der Waals surface area (Å²) < 4.78 is 0. The Kier molecular flexibility index (Phi) is 4.25. The Hall–Kier alpha value is -2.93. The molecule has 2 rings (SSSR count). The van der Waals surface area contributed by atoms with Gasteiger partial charge >= 0.3 is 5.69 Å². The topological polar surface area (TPSA) is 48.5 Å².